The minimum Gasteiger partial charge on any atom is -0.496 e. The highest BCUT2D eigenvalue weighted by molar-refractivity contribution is 5.31. The van der Waals surface area contributed by atoms with Crippen LogP contribution in [-0.2, 0) is 14.2 Å². The number of hydrogen-bond donors (Lipinski definition) is 0. The molecule has 0 unspecified atom stereocenters. The van der Waals surface area contributed by atoms with Gasteiger partial charge in [0.05, 0.1) is 32.2 Å². The maximum Gasteiger partial charge on any atom is 0.113 e. The summed E-state index contributed by atoms with van der Waals surface area (Å²) >= 11 is 0. The number of terminal acetylenes is 1. The minimum atomic E-state index is -0.463. The van der Waals surface area contributed by atoms with Crippen LogP contribution in [0, 0.1) is 12.3 Å². The summed E-state index contributed by atoms with van der Waals surface area (Å²) < 4.78 is 27.5. The van der Waals surface area contributed by atoms with Crippen molar-refractivity contribution in [2.75, 3.05) is 39.7 Å². The predicted molar refractivity (Wildman–Crippen MR) is 92.8 cm³/mol. The van der Waals surface area contributed by atoms with Crippen molar-refractivity contribution in [3.05, 3.63) is 47.3 Å². The van der Waals surface area contributed by atoms with Gasteiger partial charge < -0.3 is 14.2 Å². The molecule has 0 radical (unpaired) electrons. The van der Waals surface area contributed by atoms with Gasteiger partial charge in [0.15, 0.2) is 0 Å². The lowest BCUT2D eigenvalue weighted by Crippen LogP contribution is -2.09. The Kier molecular flexibility index (Phi) is 13.9. The van der Waals surface area contributed by atoms with E-state index in [9.17, 15) is 4.39 Å². The van der Waals surface area contributed by atoms with Crippen molar-refractivity contribution in [1.29, 1.82) is 0 Å². The van der Waals surface area contributed by atoms with Gasteiger partial charge in [0.25, 0.3) is 0 Å². The highest BCUT2D eigenvalue weighted by atomic mass is 19.1. The van der Waals surface area contributed by atoms with E-state index in [1.54, 1.807) is 6.08 Å². The van der Waals surface area contributed by atoms with Gasteiger partial charge in [0, 0.05) is 0 Å². The molecule has 0 aromatic heterocycles. The number of hydrogen-bond acceptors (Lipinski definition) is 3. The normalized spacial score (nSPS) is 13.4. The lowest BCUT2D eigenvalue weighted by atomic mass is 10.2. The molecule has 0 aliphatic rings. The Balaban J connectivity index is 3.91. The molecule has 0 N–H and O–H groups in total. The summed E-state index contributed by atoms with van der Waals surface area (Å²) in [6.45, 7) is 7.30. The molecule has 0 rings (SSSR count). The fraction of sp³-hybridized carbons (Fsp3) is 0.474. The summed E-state index contributed by atoms with van der Waals surface area (Å²) in [5.74, 6) is 3.30. The van der Waals surface area contributed by atoms with E-state index in [1.807, 2.05) is 45.1 Å². The summed E-state index contributed by atoms with van der Waals surface area (Å²) in [4.78, 5) is 0. The minimum absolute atomic E-state index is 0.125. The number of rotatable bonds is 12. The molecule has 3 nitrogen and oxygen atoms in total. The summed E-state index contributed by atoms with van der Waals surface area (Å²) in [6, 6.07) is 0. The predicted octanol–water partition coefficient (Wildman–Crippen LogP) is 3.99. The van der Waals surface area contributed by atoms with E-state index in [2.05, 4.69) is 5.92 Å². The van der Waals surface area contributed by atoms with Crippen molar-refractivity contribution in [3.63, 3.8) is 0 Å². The van der Waals surface area contributed by atoms with Gasteiger partial charge in [0.2, 0.25) is 0 Å². The van der Waals surface area contributed by atoms with Crippen molar-refractivity contribution >= 4 is 0 Å². The fourth-order valence-corrected chi connectivity index (χ4v) is 1.43. The summed E-state index contributed by atoms with van der Waals surface area (Å²) in [6.07, 6.45) is 14.8. The third-order valence-electron chi connectivity index (χ3n) is 2.65. The quantitative estimate of drug-likeness (QED) is 0.235. The van der Waals surface area contributed by atoms with E-state index < -0.39 is 6.67 Å². The number of allylic oxidation sites excluding steroid dienone is 8. The molecular weight excluding hydrogens is 295 g/mol. The second-order valence-corrected chi connectivity index (χ2v) is 4.84. The molecule has 4 heteroatoms. The zero-order chi connectivity index (χ0) is 17.3. The molecule has 0 aromatic rings. The molecule has 0 atom stereocenters. The van der Waals surface area contributed by atoms with Gasteiger partial charge in [-0.25, -0.2) is 4.39 Å². The maximum atomic E-state index is 11.8. The molecule has 0 amide bonds. The molecule has 0 spiro atoms. The summed E-state index contributed by atoms with van der Waals surface area (Å²) in [5.41, 5.74) is 2.13. The Hall–Kier alpha value is -1.83. The molecule has 23 heavy (non-hydrogen) atoms. The highest BCUT2D eigenvalue weighted by Gasteiger charge is 1.92. The van der Waals surface area contributed by atoms with Gasteiger partial charge in [-0.15, -0.1) is 6.42 Å². The SMILES string of the molecule is C#C/C=C(C)/C=C/C(C)=C/C=C(\C)OCCOCCOCCF. The van der Waals surface area contributed by atoms with Crippen LogP contribution >= 0.6 is 0 Å². The number of ether oxygens (including phenoxy) is 3. The molecule has 0 aliphatic carbocycles. The second-order valence-electron chi connectivity index (χ2n) is 4.84. The lowest BCUT2D eigenvalue weighted by Gasteiger charge is -2.07. The molecule has 0 aromatic carbocycles. The standard InChI is InChI=1S/C19H27FO3/c1-5-6-17(2)7-8-18(3)9-10-19(4)23-16-15-22-14-13-21-12-11-20/h1,6-10H,11-16H2,2-4H3/b8-7+,17-6+,18-9+,19-10+. The Labute approximate surface area is 139 Å². The van der Waals surface area contributed by atoms with Gasteiger partial charge in [-0.05, 0) is 38.5 Å². The smallest absolute Gasteiger partial charge is 0.113 e. The first kappa shape index (κ1) is 21.2. The maximum absolute atomic E-state index is 11.8. The van der Waals surface area contributed by atoms with E-state index in [-0.39, 0.29) is 6.61 Å². The molecular formula is C19H27FO3. The first-order valence-electron chi connectivity index (χ1n) is 7.60. The molecule has 0 heterocycles. The summed E-state index contributed by atoms with van der Waals surface area (Å²) in [7, 11) is 0. The molecule has 0 saturated carbocycles. The fourth-order valence-electron chi connectivity index (χ4n) is 1.43. The topological polar surface area (TPSA) is 27.7 Å². The summed E-state index contributed by atoms with van der Waals surface area (Å²) in [5, 5.41) is 0. The van der Waals surface area contributed by atoms with Crippen molar-refractivity contribution in [1.82, 2.24) is 0 Å². The van der Waals surface area contributed by atoms with Gasteiger partial charge in [0.1, 0.15) is 13.3 Å². The molecule has 0 bridgehead atoms. The van der Waals surface area contributed by atoms with Crippen molar-refractivity contribution in [2.24, 2.45) is 0 Å². The van der Waals surface area contributed by atoms with Crippen LogP contribution in [0.1, 0.15) is 20.8 Å². The molecule has 0 fully saturated rings. The first-order valence-corrected chi connectivity index (χ1v) is 7.60. The van der Waals surface area contributed by atoms with Crippen LogP contribution in [0.15, 0.2) is 47.3 Å². The van der Waals surface area contributed by atoms with Crippen LogP contribution < -0.4 is 0 Å². The van der Waals surface area contributed by atoms with E-state index in [4.69, 9.17) is 20.6 Å². The van der Waals surface area contributed by atoms with E-state index in [1.165, 1.54) is 0 Å². The second kappa shape index (κ2) is 15.1. The Morgan fingerprint density at radius 2 is 1.52 bits per heavy atom. The van der Waals surface area contributed by atoms with Gasteiger partial charge in [-0.1, -0.05) is 29.7 Å². The molecule has 0 saturated heterocycles. The highest BCUT2D eigenvalue weighted by Crippen LogP contribution is 2.03. The number of alkyl halides is 1. The molecule has 0 aliphatic heterocycles. The van der Waals surface area contributed by atoms with E-state index in [0.717, 1.165) is 16.9 Å². The molecule has 128 valence electrons. The largest absolute Gasteiger partial charge is 0.496 e. The van der Waals surface area contributed by atoms with Crippen LogP contribution in [0.4, 0.5) is 4.39 Å². The van der Waals surface area contributed by atoms with Crippen LogP contribution in [0.5, 0.6) is 0 Å². The van der Waals surface area contributed by atoms with Gasteiger partial charge >= 0.3 is 0 Å². The Bertz CT molecular complexity index is 467. The average molecular weight is 322 g/mol. The zero-order valence-corrected chi connectivity index (χ0v) is 14.3. The van der Waals surface area contributed by atoms with Crippen LogP contribution in [0.25, 0.3) is 0 Å². The Morgan fingerprint density at radius 1 is 0.913 bits per heavy atom. The van der Waals surface area contributed by atoms with Crippen molar-refractivity contribution in [2.45, 2.75) is 20.8 Å². The first-order chi connectivity index (χ1) is 11.1. The third-order valence-corrected chi connectivity index (χ3v) is 2.65. The monoisotopic (exact) mass is 322 g/mol. The van der Waals surface area contributed by atoms with E-state index >= 15 is 0 Å². The van der Waals surface area contributed by atoms with Gasteiger partial charge in [-0.3, -0.25) is 0 Å². The van der Waals surface area contributed by atoms with Crippen molar-refractivity contribution < 1.29 is 18.6 Å². The van der Waals surface area contributed by atoms with Gasteiger partial charge in [-0.2, -0.15) is 0 Å². The number of halogens is 1. The lowest BCUT2D eigenvalue weighted by molar-refractivity contribution is 0.0241. The van der Waals surface area contributed by atoms with Crippen LogP contribution in [-0.4, -0.2) is 39.7 Å². The Morgan fingerprint density at radius 3 is 2.17 bits per heavy atom. The van der Waals surface area contributed by atoms with Crippen molar-refractivity contribution in [3.8, 4) is 12.3 Å². The zero-order valence-electron chi connectivity index (χ0n) is 14.3. The average Bonchev–Trinajstić information content (AvgIpc) is 2.53. The third kappa shape index (κ3) is 14.9. The van der Waals surface area contributed by atoms with Crippen LogP contribution in [0.2, 0.25) is 0 Å². The van der Waals surface area contributed by atoms with E-state index in [0.29, 0.717) is 26.4 Å². The van der Waals surface area contributed by atoms with Crippen LogP contribution in [0.3, 0.4) is 0 Å².